The highest BCUT2D eigenvalue weighted by Gasteiger charge is 2.43. The molecule has 0 saturated heterocycles. The van der Waals surface area contributed by atoms with Gasteiger partial charge in [-0.05, 0) is 68.9 Å². The van der Waals surface area contributed by atoms with Crippen LogP contribution in [0.3, 0.4) is 0 Å². The van der Waals surface area contributed by atoms with Gasteiger partial charge in [0, 0.05) is 37.8 Å². The number of benzene rings is 8. The van der Waals surface area contributed by atoms with Crippen LogP contribution in [-0.2, 0) is 4.57 Å². The van der Waals surface area contributed by atoms with Gasteiger partial charge in [-0.15, -0.1) is 0 Å². The number of aromatic nitrogens is 2. The van der Waals surface area contributed by atoms with Crippen molar-refractivity contribution in [3.63, 3.8) is 0 Å². The Kier molecular flexibility index (Phi) is 7.14. The summed E-state index contributed by atoms with van der Waals surface area (Å²) in [7, 11) is -3.31. The predicted molar refractivity (Wildman–Crippen MR) is 231 cm³/mol. The fraction of sp³-hybridized carbons (Fsp3) is 0. The molecule has 258 valence electrons. The summed E-state index contributed by atoms with van der Waals surface area (Å²) < 4.78 is 18.6. The Hall–Kier alpha value is -6.80. The van der Waals surface area contributed by atoms with E-state index in [1.807, 2.05) is 42.5 Å². The molecular formula is C51H33N2OP. The Bertz CT molecular complexity index is 3150. The Morgan fingerprint density at radius 2 is 1.05 bits per heavy atom. The van der Waals surface area contributed by atoms with Gasteiger partial charge < -0.3 is 4.57 Å². The van der Waals surface area contributed by atoms with Crippen molar-refractivity contribution in [1.82, 2.24) is 9.55 Å². The minimum atomic E-state index is -3.31. The van der Waals surface area contributed by atoms with Crippen LogP contribution in [0.2, 0.25) is 0 Å². The number of para-hydroxylation sites is 1. The molecule has 2 aromatic heterocycles. The van der Waals surface area contributed by atoms with Crippen molar-refractivity contribution in [2.75, 3.05) is 0 Å². The summed E-state index contributed by atoms with van der Waals surface area (Å²) in [6.45, 7) is 0. The maximum absolute atomic E-state index is 16.3. The van der Waals surface area contributed by atoms with Crippen LogP contribution in [0.5, 0.6) is 0 Å². The molecule has 10 aromatic rings. The van der Waals surface area contributed by atoms with Gasteiger partial charge in [0.1, 0.15) is 5.82 Å². The lowest BCUT2D eigenvalue weighted by molar-refractivity contribution is 0.593. The van der Waals surface area contributed by atoms with Gasteiger partial charge in [-0.25, -0.2) is 4.98 Å². The van der Waals surface area contributed by atoms with Crippen molar-refractivity contribution in [1.29, 1.82) is 0 Å². The molecule has 4 heteroatoms. The fourth-order valence-corrected chi connectivity index (χ4v) is 12.0. The molecule has 0 fully saturated rings. The van der Waals surface area contributed by atoms with Gasteiger partial charge in [0.2, 0.25) is 0 Å². The molecule has 3 heterocycles. The van der Waals surface area contributed by atoms with Crippen molar-refractivity contribution in [3.8, 4) is 50.5 Å². The minimum absolute atomic E-state index is 0.810. The molecule has 8 aromatic carbocycles. The summed E-state index contributed by atoms with van der Waals surface area (Å²) in [5.41, 5.74) is 10.6. The van der Waals surface area contributed by atoms with E-state index in [0.29, 0.717) is 0 Å². The third-order valence-corrected chi connectivity index (χ3v) is 14.4. The molecule has 0 aliphatic carbocycles. The smallest absolute Gasteiger partial charge is 0.172 e. The van der Waals surface area contributed by atoms with Crippen LogP contribution in [0.1, 0.15) is 0 Å². The second-order valence-electron chi connectivity index (χ2n) is 14.2. The van der Waals surface area contributed by atoms with Crippen LogP contribution in [0.4, 0.5) is 0 Å². The molecule has 0 radical (unpaired) electrons. The van der Waals surface area contributed by atoms with E-state index >= 15 is 4.57 Å². The number of pyridine rings is 1. The Morgan fingerprint density at radius 1 is 0.455 bits per heavy atom. The van der Waals surface area contributed by atoms with Crippen molar-refractivity contribution in [2.45, 2.75) is 0 Å². The molecule has 0 spiro atoms. The van der Waals surface area contributed by atoms with Crippen molar-refractivity contribution >= 4 is 55.6 Å². The van der Waals surface area contributed by atoms with Gasteiger partial charge in [0.25, 0.3) is 0 Å². The molecule has 0 saturated carbocycles. The predicted octanol–water partition coefficient (Wildman–Crippen LogP) is 12.0. The number of fused-ring (bicyclic) bond motifs is 9. The second-order valence-corrected chi connectivity index (χ2v) is 16.9. The number of hydrogen-bond donors (Lipinski definition) is 0. The molecule has 0 bridgehead atoms. The van der Waals surface area contributed by atoms with E-state index in [-0.39, 0.29) is 0 Å². The molecule has 3 nitrogen and oxygen atoms in total. The second kappa shape index (κ2) is 12.4. The highest BCUT2D eigenvalue weighted by Crippen LogP contribution is 2.56. The Balaban J connectivity index is 1.20. The molecule has 1 atom stereocenters. The van der Waals surface area contributed by atoms with Crippen molar-refractivity contribution < 1.29 is 4.57 Å². The van der Waals surface area contributed by atoms with Crippen LogP contribution < -0.4 is 15.9 Å². The number of nitrogens with zero attached hydrogens (tertiary/aromatic N) is 2. The van der Waals surface area contributed by atoms with E-state index in [1.165, 1.54) is 11.1 Å². The average molecular weight is 721 g/mol. The molecular weight excluding hydrogens is 688 g/mol. The van der Waals surface area contributed by atoms with Gasteiger partial charge in [-0.3, -0.25) is 4.57 Å². The zero-order valence-electron chi connectivity index (χ0n) is 29.8. The first-order valence-corrected chi connectivity index (χ1v) is 20.4. The summed E-state index contributed by atoms with van der Waals surface area (Å²) in [4.78, 5) is 5.40. The molecule has 1 unspecified atom stereocenters. The minimum Gasteiger partial charge on any atom is -0.309 e. The lowest BCUT2D eigenvalue weighted by Gasteiger charge is -2.17. The van der Waals surface area contributed by atoms with E-state index in [9.17, 15) is 0 Å². The van der Waals surface area contributed by atoms with Gasteiger partial charge in [0.05, 0.1) is 16.7 Å². The first-order chi connectivity index (χ1) is 27.2. The first-order valence-electron chi connectivity index (χ1n) is 18.7. The van der Waals surface area contributed by atoms with Crippen LogP contribution in [0, 0.1) is 0 Å². The summed E-state index contributed by atoms with van der Waals surface area (Å²) in [6.07, 6.45) is 0. The molecule has 55 heavy (non-hydrogen) atoms. The summed E-state index contributed by atoms with van der Waals surface area (Å²) in [5, 5.41) is 7.00. The van der Waals surface area contributed by atoms with Crippen LogP contribution in [-0.4, -0.2) is 9.55 Å². The van der Waals surface area contributed by atoms with Gasteiger partial charge in [-0.2, -0.15) is 0 Å². The third-order valence-electron chi connectivity index (χ3n) is 11.2. The summed E-state index contributed by atoms with van der Waals surface area (Å²) in [6, 6.07) is 69.7. The van der Waals surface area contributed by atoms with Gasteiger partial charge in [0.15, 0.2) is 7.14 Å². The van der Waals surface area contributed by atoms with Gasteiger partial charge in [-0.1, -0.05) is 170 Å². The van der Waals surface area contributed by atoms with E-state index in [4.69, 9.17) is 4.98 Å². The zero-order chi connectivity index (χ0) is 36.5. The standard InChI is InChI=1S/C51H33N2OP/c54-55(40-19-8-3-9-20-40)47-31-28-37-16-10-11-21-41(37)49(47)43-29-30-46-50(51(43)55)42-22-12-13-23-45(42)53(46)48-33-39(32-44(52-48)38-17-6-2-7-18-38)36-26-24-35(25-27-36)34-14-4-1-5-15-34/h1-33H. The molecule has 1 aliphatic heterocycles. The average Bonchev–Trinajstić information content (AvgIpc) is 3.74. The molecule has 11 rings (SSSR count). The third kappa shape index (κ3) is 4.84. The van der Waals surface area contributed by atoms with Crippen molar-refractivity contribution in [3.05, 3.63) is 200 Å². The first kappa shape index (κ1) is 31.7. The molecule has 0 amide bonds. The SMILES string of the molecule is O=P1(c2ccccc2)c2ccc3ccccc3c2-c2ccc3c(c21)c1ccccc1n3-c1cc(-c2ccc(-c3ccccc3)cc2)cc(-c2ccccc2)n1. The molecule has 1 aliphatic rings. The monoisotopic (exact) mass is 720 g/mol. The van der Waals surface area contributed by atoms with E-state index < -0.39 is 7.14 Å². The zero-order valence-corrected chi connectivity index (χ0v) is 30.7. The highest BCUT2D eigenvalue weighted by atomic mass is 31.2. The van der Waals surface area contributed by atoms with E-state index in [0.717, 1.165) is 87.8 Å². The van der Waals surface area contributed by atoms with Gasteiger partial charge >= 0.3 is 0 Å². The maximum atomic E-state index is 16.3. The van der Waals surface area contributed by atoms with E-state index in [1.54, 1.807) is 0 Å². The lowest BCUT2D eigenvalue weighted by Crippen LogP contribution is -2.21. The van der Waals surface area contributed by atoms with Crippen LogP contribution >= 0.6 is 7.14 Å². The summed E-state index contributed by atoms with van der Waals surface area (Å²) >= 11 is 0. The van der Waals surface area contributed by atoms with Crippen LogP contribution in [0.25, 0.3) is 83.0 Å². The van der Waals surface area contributed by atoms with Crippen LogP contribution in [0.15, 0.2) is 200 Å². The normalized spacial score (nSPS) is 14.7. The Morgan fingerprint density at radius 3 is 1.80 bits per heavy atom. The lowest BCUT2D eigenvalue weighted by atomic mass is 9.97. The maximum Gasteiger partial charge on any atom is 0.172 e. The number of hydrogen-bond acceptors (Lipinski definition) is 2. The van der Waals surface area contributed by atoms with E-state index in [2.05, 4.69) is 162 Å². The fourth-order valence-electron chi connectivity index (χ4n) is 8.69. The quantitative estimate of drug-likeness (QED) is 0.166. The Labute approximate surface area is 319 Å². The van der Waals surface area contributed by atoms with Crippen molar-refractivity contribution in [2.24, 2.45) is 0 Å². The largest absolute Gasteiger partial charge is 0.309 e. The summed E-state index contributed by atoms with van der Waals surface area (Å²) in [5.74, 6) is 0.810. The molecule has 0 N–H and O–H groups in total. The number of rotatable bonds is 5. The highest BCUT2D eigenvalue weighted by molar-refractivity contribution is 7.87. The topological polar surface area (TPSA) is 34.9 Å².